The number of likely N-dealkylation sites (tertiary alicyclic amines) is 1. The predicted octanol–water partition coefficient (Wildman–Crippen LogP) is 2.57. The first-order valence-electron chi connectivity index (χ1n) is 5.58. The molecule has 1 aliphatic rings. The molecule has 1 heterocycles. The van der Waals surface area contributed by atoms with Crippen LogP contribution in [0, 0.1) is 5.82 Å². The van der Waals surface area contributed by atoms with E-state index in [9.17, 15) is 9.18 Å². The summed E-state index contributed by atoms with van der Waals surface area (Å²) in [5.41, 5.74) is 6.19. The quantitative estimate of drug-likeness (QED) is 0.856. The lowest BCUT2D eigenvalue weighted by molar-refractivity contribution is 0.0708. The van der Waals surface area contributed by atoms with E-state index in [1.807, 2.05) is 0 Å². The maximum Gasteiger partial charge on any atom is 0.254 e. The first-order valence-corrected chi connectivity index (χ1v) is 6.37. The molecule has 0 aliphatic carbocycles. The van der Waals surface area contributed by atoms with Crippen molar-refractivity contribution in [2.75, 3.05) is 13.1 Å². The first kappa shape index (κ1) is 15.4. The smallest absolute Gasteiger partial charge is 0.254 e. The van der Waals surface area contributed by atoms with Gasteiger partial charge in [-0.3, -0.25) is 4.79 Å². The van der Waals surface area contributed by atoms with Crippen molar-refractivity contribution in [3.8, 4) is 0 Å². The highest BCUT2D eigenvalue weighted by atomic mass is 79.9. The van der Waals surface area contributed by atoms with Crippen LogP contribution in [0.15, 0.2) is 22.7 Å². The molecule has 18 heavy (non-hydrogen) atoms. The van der Waals surface area contributed by atoms with Gasteiger partial charge >= 0.3 is 0 Å². The number of nitrogens with two attached hydrogens (primary N) is 1. The lowest BCUT2D eigenvalue weighted by Gasteiger charge is -2.30. The highest BCUT2D eigenvalue weighted by Crippen LogP contribution is 2.19. The Kier molecular flexibility index (Phi) is 5.56. The van der Waals surface area contributed by atoms with Crippen molar-refractivity contribution in [2.24, 2.45) is 5.73 Å². The molecule has 1 aliphatic heterocycles. The fraction of sp³-hybridized carbons (Fsp3) is 0.417. The normalized spacial score (nSPS) is 19.3. The third kappa shape index (κ3) is 3.43. The Bertz CT molecular complexity index is 444. The van der Waals surface area contributed by atoms with E-state index >= 15 is 0 Å². The van der Waals surface area contributed by atoms with Gasteiger partial charge in [0.15, 0.2) is 0 Å². The molecule has 0 aromatic heterocycles. The Balaban J connectivity index is 0.00000162. The monoisotopic (exact) mass is 336 g/mol. The summed E-state index contributed by atoms with van der Waals surface area (Å²) in [6.45, 7) is 1.25. The Morgan fingerprint density at radius 3 is 2.83 bits per heavy atom. The highest BCUT2D eigenvalue weighted by Gasteiger charge is 2.22. The molecule has 1 aromatic carbocycles. The number of hydrogen-bond acceptors (Lipinski definition) is 2. The van der Waals surface area contributed by atoms with Crippen molar-refractivity contribution < 1.29 is 9.18 Å². The average Bonchev–Trinajstić information content (AvgIpc) is 2.32. The minimum Gasteiger partial charge on any atom is -0.337 e. The summed E-state index contributed by atoms with van der Waals surface area (Å²) in [5.74, 6) is -0.566. The van der Waals surface area contributed by atoms with Gasteiger partial charge in [-0.1, -0.05) is 0 Å². The lowest BCUT2D eigenvalue weighted by atomic mass is 10.1. The van der Waals surface area contributed by atoms with Crippen molar-refractivity contribution in [3.63, 3.8) is 0 Å². The molecule has 1 saturated heterocycles. The molecular weight excluding hydrogens is 322 g/mol. The van der Waals surface area contributed by atoms with Crippen LogP contribution in [0.5, 0.6) is 0 Å². The number of carbonyl (C=O) groups excluding carboxylic acids is 1. The van der Waals surface area contributed by atoms with E-state index in [-0.39, 0.29) is 24.4 Å². The molecule has 0 saturated carbocycles. The van der Waals surface area contributed by atoms with Gasteiger partial charge in [-0.2, -0.15) is 0 Å². The Labute approximate surface area is 120 Å². The molecule has 1 atom stereocenters. The van der Waals surface area contributed by atoms with Crippen LogP contribution >= 0.6 is 28.3 Å². The van der Waals surface area contributed by atoms with Gasteiger partial charge in [0, 0.05) is 24.7 Å². The van der Waals surface area contributed by atoms with E-state index in [1.54, 1.807) is 17.0 Å². The third-order valence-electron chi connectivity index (χ3n) is 2.91. The Morgan fingerprint density at radius 1 is 1.50 bits per heavy atom. The van der Waals surface area contributed by atoms with Crippen molar-refractivity contribution in [1.29, 1.82) is 0 Å². The largest absolute Gasteiger partial charge is 0.337 e. The molecule has 1 fully saturated rings. The maximum atomic E-state index is 13.3. The maximum absolute atomic E-state index is 13.3. The van der Waals surface area contributed by atoms with E-state index in [2.05, 4.69) is 15.9 Å². The number of halogens is 3. The zero-order valence-corrected chi connectivity index (χ0v) is 12.1. The summed E-state index contributed by atoms with van der Waals surface area (Å²) in [6, 6.07) is 4.46. The highest BCUT2D eigenvalue weighted by molar-refractivity contribution is 9.10. The number of hydrogen-bond donors (Lipinski definition) is 1. The molecule has 100 valence electrons. The van der Waals surface area contributed by atoms with Gasteiger partial charge in [-0.05, 0) is 47.0 Å². The fourth-order valence-corrected chi connectivity index (χ4v) is 2.25. The molecule has 3 nitrogen and oxygen atoms in total. The fourth-order valence-electron chi connectivity index (χ4n) is 2.01. The summed E-state index contributed by atoms with van der Waals surface area (Å²) >= 11 is 3.06. The van der Waals surface area contributed by atoms with Gasteiger partial charge in [0.1, 0.15) is 5.82 Å². The molecule has 1 aromatic rings. The molecule has 0 bridgehead atoms. The number of benzene rings is 1. The zero-order chi connectivity index (χ0) is 12.4. The summed E-state index contributed by atoms with van der Waals surface area (Å²) in [6.07, 6.45) is 1.85. The van der Waals surface area contributed by atoms with Gasteiger partial charge in [-0.25, -0.2) is 4.39 Å². The molecule has 0 unspecified atom stereocenters. The van der Waals surface area contributed by atoms with Crippen LogP contribution in [-0.2, 0) is 0 Å². The van der Waals surface area contributed by atoms with E-state index in [4.69, 9.17) is 5.73 Å². The van der Waals surface area contributed by atoms with Crippen molar-refractivity contribution in [3.05, 3.63) is 34.1 Å². The third-order valence-corrected chi connectivity index (χ3v) is 3.55. The summed E-state index contributed by atoms with van der Waals surface area (Å²) in [5, 5.41) is 0. The van der Waals surface area contributed by atoms with Crippen LogP contribution in [0.2, 0.25) is 0 Å². The van der Waals surface area contributed by atoms with E-state index < -0.39 is 5.82 Å². The number of amides is 1. The van der Waals surface area contributed by atoms with Crippen LogP contribution in [0.4, 0.5) is 4.39 Å². The second-order valence-electron chi connectivity index (χ2n) is 4.28. The topological polar surface area (TPSA) is 46.3 Å². The van der Waals surface area contributed by atoms with Crippen LogP contribution < -0.4 is 5.73 Å². The van der Waals surface area contributed by atoms with Crippen molar-refractivity contribution in [1.82, 2.24) is 4.90 Å². The minimum atomic E-state index is -0.419. The van der Waals surface area contributed by atoms with Crippen LogP contribution in [-0.4, -0.2) is 29.9 Å². The lowest BCUT2D eigenvalue weighted by Crippen LogP contribution is -2.45. The standard InChI is InChI=1S/C12H14BrFN2O.ClH/c13-10-4-3-8(6-11(10)14)12(17)16-5-1-2-9(15)7-16;/h3-4,6,9H,1-2,5,7,15H2;1H/t9-;/m1./s1. The molecule has 2 N–H and O–H groups in total. The molecule has 1 amide bonds. The molecule has 0 radical (unpaired) electrons. The van der Waals surface area contributed by atoms with Crippen LogP contribution in [0.25, 0.3) is 0 Å². The predicted molar refractivity (Wildman–Crippen MR) is 74.5 cm³/mol. The first-order chi connectivity index (χ1) is 8.08. The number of nitrogens with zero attached hydrogens (tertiary/aromatic N) is 1. The van der Waals surface area contributed by atoms with E-state index in [1.165, 1.54) is 6.07 Å². The van der Waals surface area contributed by atoms with Crippen LogP contribution in [0.1, 0.15) is 23.2 Å². The second-order valence-corrected chi connectivity index (χ2v) is 5.14. The average molecular weight is 338 g/mol. The molecule has 2 rings (SSSR count). The van der Waals surface area contributed by atoms with Crippen molar-refractivity contribution >= 4 is 34.2 Å². The minimum absolute atomic E-state index is 0. The summed E-state index contributed by atoms with van der Waals surface area (Å²) in [4.78, 5) is 13.8. The van der Waals surface area contributed by atoms with Crippen molar-refractivity contribution in [2.45, 2.75) is 18.9 Å². The van der Waals surface area contributed by atoms with Gasteiger partial charge in [-0.15, -0.1) is 12.4 Å². The molecular formula is C12H15BrClFN2O. The number of piperidine rings is 1. The van der Waals surface area contributed by atoms with Crippen LogP contribution in [0.3, 0.4) is 0 Å². The molecule has 0 spiro atoms. The SMILES string of the molecule is Cl.N[C@@H]1CCCN(C(=O)c2ccc(Br)c(F)c2)C1. The Hall–Kier alpha value is -0.650. The number of rotatable bonds is 1. The van der Waals surface area contributed by atoms with Gasteiger partial charge in [0.05, 0.1) is 4.47 Å². The van der Waals surface area contributed by atoms with Gasteiger partial charge in [0.2, 0.25) is 0 Å². The van der Waals surface area contributed by atoms with E-state index in [0.717, 1.165) is 12.8 Å². The Morgan fingerprint density at radius 2 is 2.22 bits per heavy atom. The second kappa shape index (κ2) is 6.50. The van der Waals surface area contributed by atoms with Gasteiger partial charge in [0.25, 0.3) is 5.91 Å². The van der Waals surface area contributed by atoms with Gasteiger partial charge < -0.3 is 10.6 Å². The summed E-state index contributed by atoms with van der Waals surface area (Å²) < 4.78 is 13.7. The van der Waals surface area contributed by atoms with E-state index in [0.29, 0.717) is 23.1 Å². The number of carbonyl (C=O) groups is 1. The summed E-state index contributed by atoms with van der Waals surface area (Å²) in [7, 11) is 0. The zero-order valence-electron chi connectivity index (χ0n) is 9.73. The molecule has 6 heteroatoms.